The van der Waals surface area contributed by atoms with Crippen molar-refractivity contribution in [3.05, 3.63) is 89.0 Å². The lowest BCUT2D eigenvalue weighted by molar-refractivity contribution is 0.796. The summed E-state index contributed by atoms with van der Waals surface area (Å²) in [6, 6.07) is 19.8. The van der Waals surface area contributed by atoms with Crippen LogP contribution in [0.15, 0.2) is 77.9 Å². The number of nitrogens with zero attached hydrogens (tertiary/aromatic N) is 2. The highest BCUT2D eigenvalue weighted by atomic mass is 16.1. The van der Waals surface area contributed by atoms with Crippen LogP contribution in [0.2, 0.25) is 0 Å². The van der Waals surface area contributed by atoms with Gasteiger partial charge in [-0.15, -0.1) is 0 Å². The maximum atomic E-state index is 12.6. The summed E-state index contributed by atoms with van der Waals surface area (Å²) >= 11 is 0. The van der Waals surface area contributed by atoms with Gasteiger partial charge in [0, 0.05) is 24.6 Å². The zero-order valence-corrected chi connectivity index (χ0v) is 13.0. The fraction of sp³-hybridized carbons (Fsp3) is 0.158. The van der Waals surface area contributed by atoms with E-state index in [1.807, 2.05) is 48.5 Å². The minimum Gasteiger partial charge on any atom is -0.365 e. The highest BCUT2D eigenvalue weighted by molar-refractivity contribution is 5.38. The van der Waals surface area contributed by atoms with E-state index in [4.69, 9.17) is 0 Å². The quantitative estimate of drug-likeness (QED) is 0.785. The van der Waals surface area contributed by atoms with Crippen LogP contribution in [0.5, 0.6) is 0 Å². The van der Waals surface area contributed by atoms with E-state index in [-0.39, 0.29) is 5.56 Å². The molecule has 0 fully saturated rings. The lowest BCUT2D eigenvalue weighted by Crippen LogP contribution is -2.24. The van der Waals surface area contributed by atoms with E-state index < -0.39 is 0 Å². The molecule has 1 atom stereocenters. The maximum absolute atomic E-state index is 12.6. The van der Waals surface area contributed by atoms with Gasteiger partial charge in [0.15, 0.2) is 5.82 Å². The number of hydrogen-bond acceptors (Lipinski definition) is 3. The molecular weight excluding hydrogens is 286 g/mol. The topological polar surface area (TPSA) is 46.9 Å². The van der Waals surface area contributed by atoms with Gasteiger partial charge >= 0.3 is 0 Å². The standard InChI is InChI=1S/C19H19N3O/c1-15(16-8-4-2-5-9-16)14-21-18-19(23)22(13-12-20-18)17-10-6-3-7-11-17/h2-13,15H,14H2,1H3,(H,20,21)/t15-/m1/s1. The first-order valence-electron chi connectivity index (χ1n) is 7.67. The molecule has 0 radical (unpaired) electrons. The molecule has 0 aliphatic carbocycles. The van der Waals surface area contributed by atoms with E-state index in [9.17, 15) is 4.79 Å². The number of anilines is 1. The Labute approximate surface area is 135 Å². The van der Waals surface area contributed by atoms with Crippen molar-refractivity contribution in [3.63, 3.8) is 0 Å². The summed E-state index contributed by atoms with van der Waals surface area (Å²) in [5.74, 6) is 0.668. The largest absolute Gasteiger partial charge is 0.365 e. The Morgan fingerprint density at radius 1 is 1.04 bits per heavy atom. The second kappa shape index (κ2) is 6.92. The number of rotatable bonds is 5. The molecule has 4 heteroatoms. The molecular formula is C19H19N3O. The fourth-order valence-corrected chi connectivity index (χ4v) is 2.47. The van der Waals surface area contributed by atoms with Gasteiger partial charge in [-0.1, -0.05) is 55.5 Å². The third-order valence-electron chi connectivity index (χ3n) is 3.82. The van der Waals surface area contributed by atoms with Gasteiger partial charge in [0.25, 0.3) is 5.56 Å². The summed E-state index contributed by atoms with van der Waals surface area (Å²) in [5.41, 5.74) is 1.93. The van der Waals surface area contributed by atoms with Crippen molar-refractivity contribution in [2.75, 3.05) is 11.9 Å². The van der Waals surface area contributed by atoms with Gasteiger partial charge in [-0.05, 0) is 23.6 Å². The van der Waals surface area contributed by atoms with E-state index in [0.29, 0.717) is 18.3 Å². The van der Waals surface area contributed by atoms with Gasteiger partial charge in [0.1, 0.15) is 0 Å². The van der Waals surface area contributed by atoms with Crippen molar-refractivity contribution < 1.29 is 0 Å². The molecule has 0 unspecified atom stereocenters. The predicted molar refractivity (Wildman–Crippen MR) is 93.2 cm³/mol. The molecule has 0 bridgehead atoms. The Bertz CT molecular complexity index is 813. The molecule has 0 aliphatic heterocycles. The van der Waals surface area contributed by atoms with Crippen LogP contribution < -0.4 is 10.9 Å². The smallest absolute Gasteiger partial charge is 0.297 e. The zero-order chi connectivity index (χ0) is 16.1. The molecule has 1 heterocycles. The van der Waals surface area contributed by atoms with Gasteiger partial charge in [0.05, 0.1) is 0 Å². The van der Waals surface area contributed by atoms with Crippen molar-refractivity contribution >= 4 is 5.82 Å². The molecule has 0 saturated heterocycles. The Kier molecular flexibility index (Phi) is 4.52. The summed E-state index contributed by atoms with van der Waals surface area (Å²) < 4.78 is 1.60. The number of hydrogen-bond donors (Lipinski definition) is 1. The van der Waals surface area contributed by atoms with Crippen molar-refractivity contribution in [1.82, 2.24) is 9.55 Å². The van der Waals surface area contributed by atoms with Crippen LogP contribution in [0.25, 0.3) is 5.69 Å². The third-order valence-corrected chi connectivity index (χ3v) is 3.82. The van der Waals surface area contributed by atoms with Crippen LogP contribution in [0, 0.1) is 0 Å². The molecule has 4 nitrogen and oxygen atoms in total. The molecule has 0 spiro atoms. The van der Waals surface area contributed by atoms with E-state index >= 15 is 0 Å². The first-order valence-corrected chi connectivity index (χ1v) is 7.67. The Hall–Kier alpha value is -2.88. The molecule has 3 rings (SSSR count). The normalized spacial score (nSPS) is 11.9. The van der Waals surface area contributed by atoms with Crippen LogP contribution in [0.4, 0.5) is 5.82 Å². The SMILES string of the molecule is C[C@H](CNc1nccn(-c2ccccc2)c1=O)c1ccccc1. The molecule has 1 N–H and O–H groups in total. The van der Waals surface area contributed by atoms with Gasteiger partial charge in [0.2, 0.25) is 0 Å². The van der Waals surface area contributed by atoms with Crippen LogP contribution in [-0.4, -0.2) is 16.1 Å². The van der Waals surface area contributed by atoms with E-state index in [1.165, 1.54) is 5.56 Å². The molecule has 1 aromatic heterocycles. The first-order chi connectivity index (χ1) is 11.3. The van der Waals surface area contributed by atoms with E-state index in [0.717, 1.165) is 5.69 Å². The minimum absolute atomic E-state index is 0.140. The summed E-state index contributed by atoms with van der Waals surface area (Å²) in [7, 11) is 0. The van der Waals surface area contributed by atoms with Gasteiger partial charge in [-0.25, -0.2) is 4.98 Å². The average molecular weight is 305 g/mol. The van der Waals surface area contributed by atoms with Gasteiger partial charge in [-0.3, -0.25) is 9.36 Å². The van der Waals surface area contributed by atoms with Crippen molar-refractivity contribution in [2.24, 2.45) is 0 Å². The third kappa shape index (κ3) is 3.48. The predicted octanol–water partition coefficient (Wildman–Crippen LogP) is 3.45. The van der Waals surface area contributed by atoms with Gasteiger partial charge < -0.3 is 5.32 Å². The number of aromatic nitrogens is 2. The van der Waals surface area contributed by atoms with Crippen LogP contribution in [0.3, 0.4) is 0 Å². The molecule has 3 aromatic rings. The van der Waals surface area contributed by atoms with Crippen LogP contribution in [-0.2, 0) is 0 Å². The molecule has 116 valence electrons. The molecule has 0 saturated carbocycles. The summed E-state index contributed by atoms with van der Waals surface area (Å²) in [6.45, 7) is 2.78. The van der Waals surface area contributed by atoms with E-state index in [2.05, 4.69) is 29.4 Å². The Morgan fingerprint density at radius 2 is 1.70 bits per heavy atom. The number of nitrogens with one attached hydrogen (secondary N) is 1. The molecule has 0 aliphatic rings. The average Bonchev–Trinajstić information content (AvgIpc) is 2.62. The zero-order valence-electron chi connectivity index (χ0n) is 13.0. The first kappa shape index (κ1) is 15.0. The second-order valence-electron chi connectivity index (χ2n) is 5.48. The highest BCUT2D eigenvalue weighted by Gasteiger charge is 2.09. The summed E-state index contributed by atoms with van der Waals surface area (Å²) in [6.07, 6.45) is 3.33. The Morgan fingerprint density at radius 3 is 2.39 bits per heavy atom. The van der Waals surface area contributed by atoms with Crippen molar-refractivity contribution in [2.45, 2.75) is 12.8 Å². The van der Waals surface area contributed by atoms with Crippen LogP contribution in [0.1, 0.15) is 18.4 Å². The van der Waals surface area contributed by atoms with Crippen molar-refractivity contribution in [3.8, 4) is 5.69 Å². The monoisotopic (exact) mass is 305 g/mol. The number of benzene rings is 2. The van der Waals surface area contributed by atoms with Gasteiger partial charge in [-0.2, -0.15) is 0 Å². The maximum Gasteiger partial charge on any atom is 0.297 e. The summed E-state index contributed by atoms with van der Waals surface area (Å²) in [4.78, 5) is 16.7. The lowest BCUT2D eigenvalue weighted by atomic mass is 10.0. The fourth-order valence-electron chi connectivity index (χ4n) is 2.47. The molecule has 0 amide bonds. The van der Waals surface area contributed by atoms with Crippen molar-refractivity contribution in [1.29, 1.82) is 0 Å². The summed E-state index contributed by atoms with van der Waals surface area (Å²) in [5, 5.41) is 3.18. The van der Waals surface area contributed by atoms with Crippen LogP contribution >= 0.6 is 0 Å². The van der Waals surface area contributed by atoms with E-state index in [1.54, 1.807) is 17.0 Å². The minimum atomic E-state index is -0.140. The Balaban J connectivity index is 1.78. The number of para-hydroxylation sites is 1. The highest BCUT2D eigenvalue weighted by Crippen LogP contribution is 2.14. The molecule has 23 heavy (non-hydrogen) atoms. The molecule has 2 aromatic carbocycles. The second-order valence-corrected chi connectivity index (χ2v) is 5.48. The lowest BCUT2D eigenvalue weighted by Gasteiger charge is -2.14.